The summed E-state index contributed by atoms with van der Waals surface area (Å²) in [6, 6.07) is 0.544. The van der Waals surface area contributed by atoms with Gasteiger partial charge >= 0.3 is 6.01 Å². The Balaban J connectivity index is 1.80. The summed E-state index contributed by atoms with van der Waals surface area (Å²) < 4.78 is 5.62. The van der Waals surface area contributed by atoms with Gasteiger partial charge in [0.1, 0.15) is 0 Å². The van der Waals surface area contributed by atoms with Crippen LogP contribution in [-0.2, 0) is 6.54 Å². The van der Waals surface area contributed by atoms with Gasteiger partial charge < -0.3 is 15.1 Å². The Bertz CT molecular complexity index is 416. The molecule has 5 heteroatoms. The summed E-state index contributed by atoms with van der Waals surface area (Å²) in [7, 11) is 0. The number of nitrogens with one attached hydrogen (secondary N) is 2. The highest BCUT2D eigenvalue weighted by Crippen LogP contribution is 2.35. The van der Waals surface area contributed by atoms with Gasteiger partial charge in [-0.3, -0.25) is 0 Å². The lowest BCUT2D eigenvalue weighted by atomic mass is 9.76. The number of nitrogens with zero attached hydrogens (tertiary/aromatic N) is 2. The van der Waals surface area contributed by atoms with Crippen molar-refractivity contribution >= 4 is 6.01 Å². The first-order chi connectivity index (χ1) is 9.36. The SMILES string of the molecule is CC1(CNc2nnc(CNC(C)(C)C)o2)CCCCC1. The fourth-order valence-corrected chi connectivity index (χ4v) is 2.61. The van der Waals surface area contributed by atoms with Crippen LogP contribution in [-0.4, -0.2) is 22.3 Å². The molecule has 0 radical (unpaired) electrons. The maximum atomic E-state index is 5.62. The predicted octanol–water partition coefficient (Wildman–Crippen LogP) is 3.34. The molecule has 0 atom stereocenters. The van der Waals surface area contributed by atoms with E-state index in [-0.39, 0.29) is 5.54 Å². The van der Waals surface area contributed by atoms with E-state index in [4.69, 9.17) is 4.42 Å². The van der Waals surface area contributed by atoms with Crippen molar-refractivity contribution in [3.63, 3.8) is 0 Å². The minimum atomic E-state index is 0.0532. The Morgan fingerprint density at radius 3 is 2.50 bits per heavy atom. The molecular weight excluding hydrogens is 252 g/mol. The summed E-state index contributed by atoms with van der Waals surface area (Å²) in [6.07, 6.45) is 6.61. The van der Waals surface area contributed by atoms with Gasteiger partial charge in [0.2, 0.25) is 5.89 Å². The zero-order valence-electron chi connectivity index (χ0n) is 13.3. The third kappa shape index (κ3) is 4.78. The van der Waals surface area contributed by atoms with E-state index in [1.165, 1.54) is 32.1 Å². The minimum absolute atomic E-state index is 0.0532. The van der Waals surface area contributed by atoms with Crippen LogP contribution in [0.1, 0.15) is 65.7 Å². The van der Waals surface area contributed by atoms with E-state index >= 15 is 0 Å². The zero-order valence-corrected chi connectivity index (χ0v) is 13.3. The Morgan fingerprint density at radius 1 is 1.15 bits per heavy atom. The van der Waals surface area contributed by atoms with E-state index in [0.29, 0.717) is 23.9 Å². The Labute approximate surface area is 121 Å². The van der Waals surface area contributed by atoms with Crippen molar-refractivity contribution < 1.29 is 4.42 Å². The monoisotopic (exact) mass is 280 g/mol. The number of anilines is 1. The molecule has 114 valence electrons. The van der Waals surface area contributed by atoms with Crippen LogP contribution in [0.15, 0.2) is 4.42 Å². The van der Waals surface area contributed by atoms with Crippen LogP contribution in [0.25, 0.3) is 0 Å². The third-order valence-corrected chi connectivity index (χ3v) is 3.96. The molecule has 0 bridgehead atoms. The van der Waals surface area contributed by atoms with Gasteiger partial charge in [0.15, 0.2) is 0 Å². The summed E-state index contributed by atoms with van der Waals surface area (Å²) in [5, 5.41) is 14.8. The van der Waals surface area contributed by atoms with E-state index < -0.39 is 0 Å². The van der Waals surface area contributed by atoms with Crippen molar-refractivity contribution in [2.75, 3.05) is 11.9 Å². The van der Waals surface area contributed by atoms with Crippen molar-refractivity contribution in [2.24, 2.45) is 5.41 Å². The Kier molecular flexibility index (Phi) is 4.68. The topological polar surface area (TPSA) is 63.0 Å². The molecule has 1 aromatic rings. The van der Waals surface area contributed by atoms with Crippen LogP contribution in [0.3, 0.4) is 0 Å². The van der Waals surface area contributed by atoms with Crippen molar-refractivity contribution in [1.82, 2.24) is 15.5 Å². The fraction of sp³-hybridized carbons (Fsp3) is 0.867. The molecule has 1 heterocycles. The lowest BCUT2D eigenvalue weighted by molar-refractivity contribution is 0.231. The van der Waals surface area contributed by atoms with Crippen LogP contribution < -0.4 is 10.6 Å². The molecule has 0 saturated heterocycles. The Morgan fingerprint density at radius 2 is 1.85 bits per heavy atom. The van der Waals surface area contributed by atoms with Gasteiger partial charge in [0.05, 0.1) is 6.54 Å². The molecule has 0 spiro atoms. The molecule has 2 rings (SSSR count). The second-order valence-corrected chi connectivity index (χ2v) is 7.33. The van der Waals surface area contributed by atoms with E-state index in [0.717, 1.165) is 6.54 Å². The normalized spacial score (nSPS) is 19.0. The van der Waals surface area contributed by atoms with Gasteiger partial charge in [-0.2, -0.15) is 0 Å². The van der Waals surface area contributed by atoms with Crippen LogP contribution in [0.4, 0.5) is 6.01 Å². The second-order valence-electron chi connectivity index (χ2n) is 7.33. The largest absolute Gasteiger partial charge is 0.407 e. The van der Waals surface area contributed by atoms with Crippen LogP contribution in [0.2, 0.25) is 0 Å². The second kappa shape index (κ2) is 6.12. The van der Waals surface area contributed by atoms with Crippen molar-refractivity contribution in [2.45, 2.75) is 71.9 Å². The lowest BCUT2D eigenvalue weighted by Gasteiger charge is -2.33. The summed E-state index contributed by atoms with van der Waals surface area (Å²) in [5.41, 5.74) is 0.425. The van der Waals surface area contributed by atoms with E-state index in [9.17, 15) is 0 Å². The van der Waals surface area contributed by atoms with E-state index in [1.54, 1.807) is 0 Å². The van der Waals surface area contributed by atoms with Gasteiger partial charge in [-0.15, -0.1) is 5.10 Å². The average molecular weight is 280 g/mol. The van der Waals surface area contributed by atoms with Crippen LogP contribution in [0.5, 0.6) is 0 Å². The number of aromatic nitrogens is 2. The molecule has 0 aliphatic heterocycles. The molecule has 1 aliphatic rings. The average Bonchev–Trinajstić information content (AvgIpc) is 2.82. The van der Waals surface area contributed by atoms with Crippen molar-refractivity contribution in [3.8, 4) is 0 Å². The molecule has 1 aliphatic carbocycles. The molecule has 5 nitrogen and oxygen atoms in total. The summed E-state index contributed by atoms with van der Waals surface area (Å²) in [4.78, 5) is 0. The zero-order chi connectivity index (χ0) is 14.6. The standard InChI is InChI=1S/C15H28N4O/c1-14(2,3)17-10-12-18-19-13(20-12)16-11-15(4)8-6-5-7-9-15/h17H,5-11H2,1-4H3,(H,16,19). The van der Waals surface area contributed by atoms with Gasteiger partial charge in [-0.1, -0.05) is 31.3 Å². The fourth-order valence-electron chi connectivity index (χ4n) is 2.61. The number of hydrogen-bond acceptors (Lipinski definition) is 5. The molecule has 1 saturated carbocycles. The van der Waals surface area contributed by atoms with Crippen LogP contribution >= 0.6 is 0 Å². The maximum Gasteiger partial charge on any atom is 0.315 e. The van der Waals surface area contributed by atoms with E-state index in [2.05, 4.69) is 48.5 Å². The first-order valence-corrected chi connectivity index (χ1v) is 7.68. The highest BCUT2D eigenvalue weighted by molar-refractivity contribution is 5.17. The smallest absolute Gasteiger partial charge is 0.315 e. The minimum Gasteiger partial charge on any atom is -0.407 e. The summed E-state index contributed by atoms with van der Waals surface area (Å²) in [6.45, 7) is 10.2. The highest BCUT2D eigenvalue weighted by atomic mass is 16.4. The van der Waals surface area contributed by atoms with Gasteiger partial charge in [0.25, 0.3) is 0 Å². The molecule has 20 heavy (non-hydrogen) atoms. The third-order valence-electron chi connectivity index (χ3n) is 3.96. The molecular formula is C15H28N4O. The van der Waals surface area contributed by atoms with Crippen molar-refractivity contribution in [3.05, 3.63) is 5.89 Å². The lowest BCUT2D eigenvalue weighted by Crippen LogP contribution is -2.35. The molecule has 0 amide bonds. The van der Waals surface area contributed by atoms with E-state index in [1.807, 2.05) is 0 Å². The number of rotatable bonds is 5. The molecule has 2 N–H and O–H groups in total. The summed E-state index contributed by atoms with van der Waals surface area (Å²) >= 11 is 0. The van der Waals surface area contributed by atoms with Crippen LogP contribution in [0, 0.1) is 5.41 Å². The molecule has 0 unspecified atom stereocenters. The predicted molar refractivity (Wildman–Crippen MR) is 80.6 cm³/mol. The first-order valence-electron chi connectivity index (χ1n) is 7.68. The maximum absolute atomic E-state index is 5.62. The quantitative estimate of drug-likeness (QED) is 0.866. The molecule has 1 aromatic heterocycles. The van der Waals surface area contributed by atoms with Crippen molar-refractivity contribution in [1.29, 1.82) is 0 Å². The molecule has 1 fully saturated rings. The summed E-state index contributed by atoms with van der Waals surface area (Å²) in [5.74, 6) is 0.635. The highest BCUT2D eigenvalue weighted by Gasteiger charge is 2.27. The van der Waals surface area contributed by atoms with Gasteiger partial charge in [0, 0.05) is 12.1 Å². The Hall–Kier alpha value is -1.10. The number of hydrogen-bond donors (Lipinski definition) is 2. The first kappa shape index (κ1) is 15.3. The van der Waals surface area contributed by atoms with Gasteiger partial charge in [-0.05, 0) is 39.0 Å². The molecule has 0 aromatic carbocycles. The van der Waals surface area contributed by atoms with Gasteiger partial charge in [-0.25, -0.2) is 0 Å².